The fourth-order valence-electron chi connectivity index (χ4n) is 4.82. The first-order chi connectivity index (χ1) is 17.8. The summed E-state index contributed by atoms with van der Waals surface area (Å²) in [5.74, 6) is -0.363. The number of ketones is 1. The van der Waals surface area contributed by atoms with Crippen LogP contribution in [0.3, 0.4) is 0 Å². The first-order valence-electron chi connectivity index (χ1n) is 12.1. The zero-order chi connectivity index (χ0) is 26.1. The van der Waals surface area contributed by atoms with Crippen molar-refractivity contribution in [3.8, 4) is 5.69 Å². The van der Waals surface area contributed by atoms with Crippen LogP contribution >= 0.6 is 27.5 Å². The number of halogens is 2. The molecule has 1 atom stereocenters. The van der Waals surface area contributed by atoms with Crippen molar-refractivity contribution >= 4 is 39.2 Å². The molecule has 0 radical (unpaired) electrons. The second-order valence-corrected chi connectivity index (χ2v) is 10.5. The fourth-order valence-corrected chi connectivity index (χ4v) is 5.25. The summed E-state index contributed by atoms with van der Waals surface area (Å²) < 4.78 is 3.84. The zero-order valence-electron chi connectivity index (χ0n) is 20.2. The van der Waals surface area contributed by atoms with Crippen molar-refractivity contribution in [3.05, 3.63) is 121 Å². The van der Waals surface area contributed by atoms with Gasteiger partial charge < -0.3 is 4.90 Å². The summed E-state index contributed by atoms with van der Waals surface area (Å²) in [5, 5.41) is 0.445. The van der Waals surface area contributed by atoms with E-state index in [1.807, 2.05) is 67.6 Å². The molecule has 188 valence electrons. The number of carbonyl (C=O) groups is 2. The third-order valence-corrected chi connectivity index (χ3v) is 8.00. The number of Topliss-reactive ketones (excluding diaryl/α,β-unsaturated/α-hetero) is 1. The molecular weight excluding hydrogens is 554 g/mol. The topological polar surface area (TPSA) is 64.3 Å². The molecule has 1 aliphatic rings. The second kappa shape index (κ2) is 10.5. The average molecular weight is 579 g/mol. The summed E-state index contributed by atoms with van der Waals surface area (Å²) >= 11 is 9.58. The van der Waals surface area contributed by atoms with Gasteiger partial charge in [-0.1, -0.05) is 67.1 Å². The van der Waals surface area contributed by atoms with E-state index in [1.54, 1.807) is 27.7 Å². The molecular formula is C29H25BrClN3O3. The Morgan fingerprint density at radius 3 is 2.32 bits per heavy atom. The molecule has 5 rings (SSSR count). The highest BCUT2D eigenvalue weighted by molar-refractivity contribution is 9.10. The number of hydrogen-bond acceptors (Lipinski definition) is 3. The van der Waals surface area contributed by atoms with Gasteiger partial charge in [-0.2, -0.15) is 0 Å². The molecule has 0 spiro atoms. The lowest BCUT2D eigenvalue weighted by Crippen LogP contribution is -2.41. The van der Waals surface area contributed by atoms with Crippen molar-refractivity contribution in [2.45, 2.75) is 32.4 Å². The van der Waals surface area contributed by atoms with Crippen LogP contribution in [0.2, 0.25) is 5.02 Å². The normalized spacial score (nSPS) is 13.8. The maximum absolute atomic E-state index is 13.8. The quantitative estimate of drug-likeness (QED) is 0.260. The van der Waals surface area contributed by atoms with E-state index in [-0.39, 0.29) is 36.3 Å². The number of amides is 1. The molecule has 1 amide bonds. The summed E-state index contributed by atoms with van der Waals surface area (Å²) in [6.45, 7) is 2.82. The number of benzene rings is 3. The molecule has 0 N–H and O–H groups in total. The van der Waals surface area contributed by atoms with Crippen molar-refractivity contribution in [1.82, 2.24) is 14.0 Å². The standard InChI is InChI=1S/C29H25BrClN3O3/c1-19(20-8-4-2-5-9-20)16-26(35)27-25-18-32(28(36)21-12-13-23(30)24(31)17-21)14-15-33(25)29(37)34(27)22-10-6-3-7-11-22/h2-13,17,19H,14-16,18H2,1H3/t19-/m1/s1. The maximum atomic E-state index is 13.8. The Morgan fingerprint density at radius 1 is 0.973 bits per heavy atom. The predicted octanol–water partition coefficient (Wildman–Crippen LogP) is 6.09. The fraction of sp³-hybridized carbons (Fsp3) is 0.207. The van der Waals surface area contributed by atoms with Gasteiger partial charge in [0, 0.05) is 29.5 Å². The molecule has 0 saturated heterocycles. The van der Waals surface area contributed by atoms with Gasteiger partial charge in [0.1, 0.15) is 5.69 Å². The Kier molecular flexibility index (Phi) is 7.17. The number of imidazole rings is 1. The number of fused-ring (bicyclic) bond motifs is 1. The zero-order valence-corrected chi connectivity index (χ0v) is 22.6. The smallest absolute Gasteiger partial charge is 0.331 e. The van der Waals surface area contributed by atoms with Crippen LogP contribution in [0.4, 0.5) is 0 Å². The third kappa shape index (κ3) is 4.93. The van der Waals surface area contributed by atoms with E-state index < -0.39 is 0 Å². The molecule has 0 aliphatic carbocycles. The largest absolute Gasteiger partial charge is 0.333 e. The Hall–Kier alpha value is -3.42. The third-order valence-electron chi connectivity index (χ3n) is 6.77. The van der Waals surface area contributed by atoms with Crippen molar-refractivity contribution in [2.24, 2.45) is 0 Å². The van der Waals surface area contributed by atoms with Crippen molar-refractivity contribution < 1.29 is 9.59 Å². The number of carbonyl (C=O) groups excluding carboxylic acids is 2. The van der Waals surface area contributed by atoms with E-state index in [2.05, 4.69) is 15.9 Å². The van der Waals surface area contributed by atoms with Crippen LogP contribution in [0.1, 0.15) is 51.4 Å². The van der Waals surface area contributed by atoms with Crippen LogP contribution < -0.4 is 5.69 Å². The lowest BCUT2D eigenvalue weighted by atomic mass is 9.94. The van der Waals surface area contributed by atoms with Crippen molar-refractivity contribution in [2.75, 3.05) is 6.54 Å². The van der Waals surface area contributed by atoms with E-state index in [4.69, 9.17) is 11.6 Å². The number of para-hydroxylation sites is 1. The first kappa shape index (κ1) is 25.2. The lowest BCUT2D eigenvalue weighted by molar-refractivity contribution is 0.0706. The van der Waals surface area contributed by atoms with Crippen LogP contribution in [0.15, 0.2) is 88.1 Å². The summed E-state index contributed by atoms with van der Waals surface area (Å²) in [5.41, 5.74) is 2.77. The lowest BCUT2D eigenvalue weighted by Gasteiger charge is -2.28. The number of hydrogen-bond donors (Lipinski definition) is 0. The minimum Gasteiger partial charge on any atom is -0.331 e. The average Bonchev–Trinajstić information content (AvgIpc) is 3.22. The summed E-state index contributed by atoms with van der Waals surface area (Å²) in [6.07, 6.45) is 0.240. The van der Waals surface area contributed by atoms with Crippen LogP contribution in [0, 0.1) is 0 Å². The Bertz CT molecular complexity index is 1530. The summed E-state index contributed by atoms with van der Waals surface area (Å²) in [7, 11) is 0. The van der Waals surface area contributed by atoms with Gasteiger partial charge in [0.15, 0.2) is 5.78 Å². The van der Waals surface area contributed by atoms with E-state index in [9.17, 15) is 14.4 Å². The summed E-state index contributed by atoms with van der Waals surface area (Å²) in [6, 6.07) is 24.1. The van der Waals surface area contributed by atoms with Crippen LogP contribution in [-0.2, 0) is 13.1 Å². The van der Waals surface area contributed by atoms with Gasteiger partial charge in [-0.15, -0.1) is 0 Å². The second-order valence-electron chi connectivity index (χ2n) is 9.20. The number of rotatable bonds is 6. The summed E-state index contributed by atoms with van der Waals surface area (Å²) in [4.78, 5) is 42.4. The molecule has 4 aromatic rings. The van der Waals surface area contributed by atoms with Crippen LogP contribution in [0.5, 0.6) is 0 Å². The van der Waals surface area contributed by atoms with Gasteiger partial charge in [-0.25, -0.2) is 4.79 Å². The predicted molar refractivity (Wildman–Crippen MR) is 148 cm³/mol. The number of aromatic nitrogens is 2. The van der Waals surface area contributed by atoms with Crippen LogP contribution in [-0.4, -0.2) is 32.3 Å². The molecule has 0 unspecified atom stereocenters. The van der Waals surface area contributed by atoms with E-state index in [0.29, 0.717) is 45.2 Å². The Balaban J connectivity index is 1.54. The monoisotopic (exact) mass is 577 g/mol. The molecule has 8 heteroatoms. The molecule has 1 aromatic heterocycles. The van der Waals surface area contributed by atoms with Gasteiger partial charge in [-0.05, 0) is 57.7 Å². The molecule has 1 aliphatic heterocycles. The highest BCUT2D eigenvalue weighted by Gasteiger charge is 2.32. The molecule has 0 fully saturated rings. The maximum Gasteiger partial charge on any atom is 0.333 e. The molecule has 0 saturated carbocycles. The minimum atomic E-state index is -0.268. The van der Waals surface area contributed by atoms with Crippen molar-refractivity contribution in [1.29, 1.82) is 0 Å². The molecule has 3 aromatic carbocycles. The van der Waals surface area contributed by atoms with Crippen LogP contribution in [0.25, 0.3) is 5.69 Å². The molecule has 6 nitrogen and oxygen atoms in total. The molecule has 37 heavy (non-hydrogen) atoms. The van der Waals surface area contributed by atoms with Gasteiger partial charge >= 0.3 is 5.69 Å². The van der Waals surface area contributed by atoms with Gasteiger partial charge in [-0.3, -0.25) is 18.7 Å². The highest BCUT2D eigenvalue weighted by atomic mass is 79.9. The van der Waals surface area contributed by atoms with E-state index in [1.165, 1.54) is 4.57 Å². The Labute approximate surface area is 228 Å². The number of nitrogens with zero attached hydrogens (tertiary/aromatic N) is 3. The van der Waals surface area contributed by atoms with Gasteiger partial charge in [0.2, 0.25) is 0 Å². The van der Waals surface area contributed by atoms with Gasteiger partial charge in [0.25, 0.3) is 5.91 Å². The molecule has 2 heterocycles. The molecule has 0 bridgehead atoms. The minimum absolute atomic E-state index is 0.0326. The van der Waals surface area contributed by atoms with Gasteiger partial charge in [0.05, 0.1) is 22.9 Å². The van der Waals surface area contributed by atoms with E-state index in [0.717, 1.165) is 5.56 Å². The SMILES string of the molecule is C[C@H](CC(=O)c1c2n(c(=O)n1-c1ccccc1)CCN(C(=O)c1ccc(Br)c(Cl)c1)C2)c1ccccc1. The highest BCUT2D eigenvalue weighted by Crippen LogP contribution is 2.28. The Morgan fingerprint density at radius 2 is 1.65 bits per heavy atom. The van der Waals surface area contributed by atoms with E-state index >= 15 is 0 Å². The first-order valence-corrected chi connectivity index (χ1v) is 13.2. The van der Waals surface area contributed by atoms with Crippen molar-refractivity contribution in [3.63, 3.8) is 0 Å².